The van der Waals surface area contributed by atoms with Crippen molar-refractivity contribution in [1.82, 2.24) is 4.90 Å². The number of benzene rings is 1. The topological polar surface area (TPSA) is 57.6 Å². The quantitative estimate of drug-likeness (QED) is 0.800. The Morgan fingerprint density at radius 2 is 2.04 bits per heavy atom. The Balaban J connectivity index is 1.91. The molecule has 0 radical (unpaired) electrons. The maximum Gasteiger partial charge on any atom is 0.308 e. The largest absolute Gasteiger partial charge is 0.481 e. The molecule has 1 fully saturated rings. The number of halogens is 1. The Morgan fingerprint density at radius 1 is 1.35 bits per heavy atom. The molecule has 4 nitrogen and oxygen atoms in total. The van der Waals surface area contributed by atoms with Gasteiger partial charge in [0.2, 0.25) is 5.91 Å². The number of carbonyl (C=O) groups excluding carboxylic acids is 1. The molecule has 5 heteroatoms. The molecule has 1 saturated carbocycles. The molecule has 2 atom stereocenters. The van der Waals surface area contributed by atoms with Crippen molar-refractivity contribution in [3.63, 3.8) is 0 Å². The van der Waals surface area contributed by atoms with Gasteiger partial charge >= 0.3 is 5.97 Å². The van der Waals surface area contributed by atoms with Crippen LogP contribution in [0.3, 0.4) is 0 Å². The van der Waals surface area contributed by atoms with Crippen molar-refractivity contribution in [2.24, 2.45) is 11.8 Å². The van der Waals surface area contributed by atoms with E-state index in [2.05, 4.69) is 0 Å². The lowest BCUT2D eigenvalue weighted by atomic mass is 9.97. The van der Waals surface area contributed by atoms with E-state index in [0.29, 0.717) is 12.8 Å². The Bertz CT molecular complexity index is 571. The van der Waals surface area contributed by atoms with Crippen LogP contribution in [0.5, 0.6) is 0 Å². The standard InChI is InChI=1S/C18H24FNO3/c1-12(8-14-4-3-5-15(19)10-14)9-17(21)20(16-6-7-16)11-13(2)18(22)23/h3-5,10,12-13,16H,6-9,11H2,1-2H3,(H,22,23). The van der Waals surface area contributed by atoms with Crippen LogP contribution in [0.4, 0.5) is 4.39 Å². The maximum atomic E-state index is 13.2. The molecule has 1 aromatic carbocycles. The van der Waals surface area contributed by atoms with Crippen LogP contribution < -0.4 is 0 Å². The number of hydrogen-bond donors (Lipinski definition) is 1. The van der Waals surface area contributed by atoms with Crippen LogP contribution in [-0.2, 0) is 16.0 Å². The summed E-state index contributed by atoms with van der Waals surface area (Å²) in [7, 11) is 0. The number of rotatable bonds is 8. The van der Waals surface area contributed by atoms with E-state index in [1.54, 1.807) is 17.9 Å². The van der Waals surface area contributed by atoms with E-state index in [4.69, 9.17) is 5.11 Å². The van der Waals surface area contributed by atoms with E-state index >= 15 is 0 Å². The van der Waals surface area contributed by atoms with Crippen LogP contribution in [0.1, 0.15) is 38.7 Å². The number of carbonyl (C=O) groups is 2. The first kappa shape index (κ1) is 17.4. The first-order valence-electron chi connectivity index (χ1n) is 8.13. The number of nitrogens with zero attached hydrogens (tertiary/aromatic N) is 1. The summed E-state index contributed by atoms with van der Waals surface area (Å²) in [6.07, 6.45) is 2.91. The second-order valence-electron chi connectivity index (χ2n) is 6.66. The zero-order valence-corrected chi connectivity index (χ0v) is 13.7. The van der Waals surface area contributed by atoms with E-state index in [-0.39, 0.29) is 30.2 Å². The van der Waals surface area contributed by atoms with Gasteiger partial charge in [0.05, 0.1) is 5.92 Å². The second-order valence-corrected chi connectivity index (χ2v) is 6.66. The highest BCUT2D eigenvalue weighted by molar-refractivity contribution is 5.78. The van der Waals surface area contributed by atoms with Gasteiger partial charge in [0.1, 0.15) is 5.82 Å². The van der Waals surface area contributed by atoms with Crippen molar-refractivity contribution in [2.75, 3.05) is 6.54 Å². The highest BCUT2D eigenvalue weighted by atomic mass is 19.1. The molecular formula is C18H24FNO3. The zero-order chi connectivity index (χ0) is 17.0. The fourth-order valence-corrected chi connectivity index (χ4v) is 2.77. The van der Waals surface area contributed by atoms with Gasteiger partial charge in [0.15, 0.2) is 0 Å². The summed E-state index contributed by atoms with van der Waals surface area (Å²) in [4.78, 5) is 25.3. The third-order valence-electron chi connectivity index (χ3n) is 4.20. The fourth-order valence-electron chi connectivity index (χ4n) is 2.77. The smallest absolute Gasteiger partial charge is 0.308 e. The van der Waals surface area contributed by atoms with Crippen molar-refractivity contribution >= 4 is 11.9 Å². The third kappa shape index (κ3) is 5.34. The van der Waals surface area contributed by atoms with Gasteiger partial charge in [-0.15, -0.1) is 0 Å². The average molecular weight is 321 g/mol. The first-order chi connectivity index (χ1) is 10.9. The minimum Gasteiger partial charge on any atom is -0.481 e. The molecule has 0 spiro atoms. The van der Waals surface area contributed by atoms with Gasteiger partial charge in [-0.2, -0.15) is 0 Å². The molecule has 0 bridgehead atoms. The van der Waals surface area contributed by atoms with E-state index in [1.165, 1.54) is 12.1 Å². The van der Waals surface area contributed by atoms with Gasteiger partial charge in [0, 0.05) is 19.0 Å². The van der Waals surface area contributed by atoms with Crippen LogP contribution in [0, 0.1) is 17.7 Å². The molecule has 2 unspecified atom stereocenters. The highest BCUT2D eigenvalue weighted by Crippen LogP contribution is 2.29. The van der Waals surface area contributed by atoms with Crippen molar-refractivity contribution in [3.05, 3.63) is 35.6 Å². The summed E-state index contributed by atoms with van der Waals surface area (Å²) in [5.74, 6) is -1.61. The highest BCUT2D eigenvalue weighted by Gasteiger charge is 2.34. The SMILES string of the molecule is CC(CC(=O)N(CC(C)C(=O)O)C1CC1)Cc1cccc(F)c1. The van der Waals surface area contributed by atoms with E-state index in [9.17, 15) is 14.0 Å². The zero-order valence-electron chi connectivity index (χ0n) is 13.7. The van der Waals surface area contributed by atoms with Crippen molar-refractivity contribution in [1.29, 1.82) is 0 Å². The molecule has 1 N–H and O–H groups in total. The molecule has 0 aliphatic heterocycles. The Hall–Kier alpha value is -1.91. The second kappa shape index (κ2) is 7.57. The van der Waals surface area contributed by atoms with Crippen LogP contribution in [0.2, 0.25) is 0 Å². The number of carboxylic acids is 1. The van der Waals surface area contributed by atoms with Crippen LogP contribution in [0.25, 0.3) is 0 Å². The van der Waals surface area contributed by atoms with E-state index in [0.717, 1.165) is 18.4 Å². The molecule has 1 aliphatic rings. The Kier molecular flexibility index (Phi) is 5.74. The molecular weight excluding hydrogens is 297 g/mol. The van der Waals surface area contributed by atoms with Gasteiger partial charge in [0.25, 0.3) is 0 Å². The van der Waals surface area contributed by atoms with Crippen molar-refractivity contribution in [3.8, 4) is 0 Å². The van der Waals surface area contributed by atoms with Gasteiger partial charge in [-0.25, -0.2) is 4.39 Å². The molecule has 0 aromatic heterocycles. The summed E-state index contributed by atoms with van der Waals surface area (Å²) < 4.78 is 13.2. The number of amides is 1. The Morgan fingerprint density at radius 3 is 2.61 bits per heavy atom. The lowest BCUT2D eigenvalue weighted by Gasteiger charge is -2.26. The average Bonchev–Trinajstić information content (AvgIpc) is 3.28. The molecule has 23 heavy (non-hydrogen) atoms. The number of hydrogen-bond acceptors (Lipinski definition) is 2. The molecule has 126 valence electrons. The third-order valence-corrected chi connectivity index (χ3v) is 4.20. The normalized spacial score (nSPS) is 16.7. The van der Waals surface area contributed by atoms with Crippen molar-refractivity contribution in [2.45, 2.75) is 45.6 Å². The first-order valence-corrected chi connectivity index (χ1v) is 8.13. The van der Waals surface area contributed by atoms with Gasteiger partial charge < -0.3 is 10.0 Å². The number of aliphatic carboxylic acids is 1. The molecule has 1 amide bonds. The molecule has 0 heterocycles. The predicted octanol–water partition coefficient (Wildman–Crippen LogP) is 3.11. The summed E-state index contributed by atoms with van der Waals surface area (Å²) in [6.45, 7) is 3.86. The monoisotopic (exact) mass is 321 g/mol. The van der Waals surface area contributed by atoms with Crippen molar-refractivity contribution < 1.29 is 19.1 Å². The van der Waals surface area contributed by atoms with E-state index in [1.807, 2.05) is 13.0 Å². The van der Waals surface area contributed by atoms with Gasteiger partial charge in [-0.05, 0) is 42.9 Å². The van der Waals surface area contributed by atoms with Crippen LogP contribution in [0.15, 0.2) is 24.3 Å². The minimum absolute atomic E-state index is 0.00417. The minimum atomic E-state index is -0.878. The van der Waals surface area contributed by atoms with Crippen LogP contribution in [-0.4, -0.2) is 34.5 Å². The lowest BCUT2D eigenvalue weighted by molar-refractivity contribution is -0.143. The fraction of sp³-hybridized carbons (Fsp3) is 0.556. The van der Waals surface area contributed by atoms with E-state index < -0.39 is 11.9 Å². The maximum absolute atomic E-state index is 13.2. The summed E-state index contributed by atoms with van der Waals surface area (Å²) >= 11 is 0. The molecule has 1 aliphatic carbocycles. The summed E-state index contributed by atoms with van der Waals surface area (Å²) in [5, 5.41) is 9.04. The van der Waals surface area contributed by atoms with Gasteiger partial charge in [-0.1, -0.05) is 26.0 Å². The van der Waals surface area contributed by atoms with Crippen LogP contribution >= 0.6 is 0 Å². The summed E-state index contributed by atoms with van der Waals surface area (Å²) in [5.41, 5.74) is 0.877. The molecule has 0 saturated heterocycles. The lowest BCUT2D eigenvalue weighted by Crippen LogP contribution is -2.39. The predicted molar refractivity (Wildman–Crippen MR) is 85.4 cm³/mol. The summed E-state index contributed by atoms with van der Waals surface area (Å²) in [6, 6.07) is 6.62. The number of carboxylic acid groups (broad SMARTS) is 1. The molecule has 2 rings (SSSR count). The molecule has 1 aromatic rings. The van der Waals surface area contributed by atoms with Gasteiger partial charge in [-0.3, -0.25) is 9.59 Å². The Labute approximate surface area is 136 Å².